The highest BCUT2D eigenvalue weighted by Crippen LogP contribution is 2.16. The van der Waals surface area contributed by atoms with Gasteiger partial charge in [0, 0.05) is 13.1 Å². The van der Waals surface area contributed by atoms with Gasteiger partial charge in [0.05, 0.1) is 0 Å². The lowest BCUT2D eigenvalue weighted by Crippen LogP contribution is -2.50. The van der Waals surface area contributed by atoms with E-state index in [0.29, 0.717) is 12.3 Å². The van der Waals surface area contributed by atoms with E-state index in [2.05, 4.69) is 12.2 Å². The molecule has 6 heteroatoms. The van der Waals surface area contributed by atoms with E-state index in [-0.39, 0.29) is 6.03 Å². The number of carbonyl (C=O) groups excluding carboxylic acids is 1. The van der Waals surface area contributed by atoms with Gasteiger partial charge in [0.1, 0.15) is 6.04 Å². The summed E-state index contributed by atoms with van der Waals surface area (Å²) in [7, 11) is 0. The minimum atomic E-state index is -0.956. The zero-order valence-electron chi connectivity index (χ0n) is 11.0. The number of likely N-dealkylation sites (tertiary alicyclic amines) is 1. The first kappa shape index (κ1) is 15.1. The Morgan fingerprint density at radius 2 is 2.06 bits per heavy atom. The molecule has 0 radical (unpaired) electrons. The SMILES string of the molecule is CSCC[C@H](NC(=O)N1CCC(C)CC1)C(=O)O. The van der Waals surface area contributed by atoms with Crippen molar-refractivity contribution in [1.29, 1.82) is 0 Å². The first-order valence-corrected chi connectivity index (χ1v) is 7.71. The minimum absolute atomic E-state index is 0.240. The molecule has 0 spiro atoms. The van der Waals surface area contributed by atoms with Gasteiger partial charge in [-0.05, 0) is 37.2 Å². The quantitative estimate of drug-likeness (QED) is 0.799. The summed E-state index contributed by atoms with van der Waals surface area (Å²) in [6, 6.07) is -1.01. The summed E-state index contributed by atoms with van der Waals surface area (Å²) in [6.07, 6.45) is 4.38. The molecule has 1 atom stereocenters. The second-order valence-corrected chi connectivity index (χ2v) is 5.78. The van der Waals surface area contributed by atoms with E-state index in [1.165, 1.54) is 0 Å². The van der Waals surface area contributed by atoms with Gasteiger partial charge in [-0.25, -0.2) is 9.59 Å². The Hall–Kier alpha value is -0.910. The highest BCUT2D eigenvalue weighted by Gasteiger charge is 2.25. The number of carboxylic acids is 1. The number of nitrogens with zero attached hydrogens (tertiary/aromatic N) is 1. The summed E-state index contributed by atoms with van der Waals surface area (Å²) in [5, 5.41) is 11.7. The fourth-order valence-electron chi connectivity index (χ4n) is 1.95. The predicted octanol–water partition coefficient (Wildman–Crippen LogP) is 1.63. The first-order chi connectivity index (χ1) is 8.54. The molecule has 0 saturated carbocycles. The Labute approximate surface area is 112 Å². The number of nitrogens with one attached hydrogen (secondary N) is 1. The number of aliphatic carboxylic acids is 1. The summed E-state index contributed by atoms with van der Waals surface area (Å²) in [4.78, 5) is 24.7. The van der Waals surface area contributed by atoms with Gasteiger partial charge >= 0.3 is 12.0 Å². The van der Waals surface area contributed by atoms with Crippen LogP contribution in [0.2, 0.25) is 0 Å². The van der Waals surface area contributed by atoms with Gasteiger partial charge in [-0.1, -0.05) is 6.92 Å². The fourth-order valence-corrected chi connectivity index (χ4v) is 2.42. The number of carboxylic acid groups (broad SMARTS) is 1. The second kappa shape index (κ2) is 7.51. The van der Waals surface area contributed by atoms with Crippen molar-refractivity contribution in [2.45, 2.75) is 32.2 Å². The van der Waals surface area contributed by atoms with Crippen LogP contribution in [0.5, 0.6) is 0 Å². The number of rotatable bonds is 5. The van der Waals surface area contributed by atoms with Crippen LogP contribution in [0, 0.1) is 5.92 Å². The molecule has 1 aliphatic heterocycles. The van der Waals surface area contributed by atoms with Gasteiger partial charge < -0.3 is 15.3 Å². The maximum Gasteiger partial charge on any atom is 0.326 e. The maximum atomic E-state index is 11.9. The Morgan fingerprint density at radius 3 is 2.56 bits per heavy atom. The first-order valence-electron chi connectivity index (χ1n) is 6.31. The van der Waals surface area contributed by atoms with Crippen LogP contribution in [-0.4, -0.2) is 53.1 Å². The molecule has 0 bridgehead atoms. The molecule has 0 aromatic heterocycles. The van der Waals surface area contributed by atoms with E-state index in [1.54, 1.807) is 16.7 Å². The molecule has 104 valence electrons. The van der Waals surface area contributed by atoms with Crippen molar-refractivity contribution in [2.24, 2.45) is 5.92 Å². The maximum absolute atomic E-state index is 11.9. The van der Waals surface area contributed by atoms with Crippen molar-refractivity contribution in [2.75, 3.05) is 25.1 Å². The summed E-state index contributed by atoms with van der Waals surface area (Å²) >= 11 is 1.58. The number of thioether (sulfide) groups is 1. The molecular formula is C12H22N2O3S. The van der Waals surface area contributed by atoms with Crippen molar-refractivity contribution >= 4 is 23.8 Å². The zero-order chi connectivity index (χ0) is 13.5. The lowest BCUT2D eigenvalue weighted by molar-refractivity contribution is -0.139. The van der Waals surface area contributed by atoms with Crippen molar-refractivity contribution in [1.82, 2.24) is 10.2 Å². The third-order valence-electron chi connectivity index (χ3n) is 3.28. The van der Waals surface area contributed by atoms with Crippen LogP contribution in [-0.2, 0) is 4.79 Å². The van der Waals surface area contributed by atoms with Gasteiger partial charge in [0.25, 0.3) is 0 Å². The van der Waals surface area contributed by atoms with Crippen LogP contribution < -0.4 is 5.32 Å². The molecular weight excluding hydrogens is 252 g/mol. The van der Waals surface area contributed by atoms with Crippen molar-refractivity contribution in [3.63, 3.8) is 0 Å². The van der Waals surface area contributed by atoms with E-state index >= 15 is 0 Å². The molecule has 0 aromatic rings. The van der Waals surface area contributed by atoms with Crippen LogP contribution in [0.4, 0.5) is 4.79 Å². The molecule has 0 aliphatic carbocycles. The number of carbonyl (C=O) groups is 2. The Morgan fingerprint density at radius 1 is 1.44 bits per heavy atom. The molecule has 5 nitrogen and oxygen atoms in total. The molecule has 1 heterocycles. The highest BCUT2D eigenvalue weighted by atomic mass is 32.2. The summed E-state index contributed by atoms with van der Waals surface area (Å²) < 4.78 is 0. The van der Waals surface area contributed by atoms with E-state index in [0.717, 1.165) is 31.7 Å². The van der Waals surface area contributed by atoms with Gasteiger partial charge in [-0.3, -0.25) is 0 Å². The minimum Gasteiger partial charge on any atom is -0.480 e. The third kappa shape index (κ3) is 4.76. The van der Waals surface area contributed by atoms with Crippen molar-refractivity contribution in [3.05, 3.63) is 0 Å². The van der Waals surface area contributed by atoms with Gasteiger partial charge in [-0.2, -0.15) is 11.8 Å². The lowest BCUT2D eigenvalue weighted by atomic mass is 10.00. The average molecular weight is 274 g/mol. The summed E-state index contributed by atoms with van der Waals surface area (Å²) in [6.45, 7) is 3.62. The van der Waals surface area contributed by atoms with Crippen molar-refractivity contribution < 1.29 is 14.7 Å². The van der Waals surface area contributed by atoms with E-state index in [1.807, 2.05) is 6.26 Å². The van der Waals surface area contributed by atoms with Crippen LogP contribution in [0.1, 0.15) is 26.2 Å². The van der Waals surface area contributed by atoms with E-state index in [9.17, 15) is 9.59 Å². The van der Waals surface area contributed by atoms with Gasteiger partial charge in [-0.15, -0.1) is 0 Å². The number of amides is 2. The Balaban J connectivity index is 2.42. The van der Waals surface area contributed by atoms with Crippen LogP contribution >= 0.6 is 11.8 Å². The molecule has 1 fully saturated rings. The van der Waals surface area contributed by atoms with Crippen LogP contribution in [0.15, 0.2) is 0 Å². The molecule has 2 N–H and O–H groups in total. The fraction of sp³-hybridized carbons (Fsp3) is 0.833. The van der Waals surface area contributed by atoms with Crippen LogP contribution in [0.3, 0.4) is 0 Å². The van der Waals surface area contributed by atoms with Gasteiger partial charge in [0.2, 0.25) is 0 Å². The number of piperidine rings is 1. The third-order valence-corrected chi connectivity index (χ3v) is 3.92. The largest absolute Gasteiger partial charge is 0.480 e. The highest BCUT2D eigenvalue weighted by molar-refractivity contribution is 7.98. The molecule has 1 rings (SSSR count). The smallest absolute Gasteiger partial charge is 0.326 e. The molecule has 2 amide bonds. The Bertz CT molecular complexity index is 291. The summed E-state index contributed by atoms with van der Waals surface area (Å²) in [5.41, 5.74) is 0. The summed E-state index contributed by atoms with van der Waals surface area (Å²) in [5.74, 6) is 0.428. The Kier molecular flexibility index (Phi) is 6.32. The molecule has 18 heavy (non-hydrogen) atoms. The predicted molar refractivity (Wildman–Crippen MR) is 72.9 cm³/mol. The molecule has 0 unspecified atom stereocenters. The molecule has 1 saturated heterocycles. The van der Waals surface area contributed by atoms with Crippen LogP contribution in [0.25, 0.3) is 0 Å². The topological polar surface area (TPSA) is 69.6 Å². The monoisotopic (exact) mass is 274 g/mol. The number of urea groups is 1. The molecule has 1 aliphatic rings. The van der Waals surface area contributed by atoms with E-state index < -0.39 is 12.0 Å². The normalized spacial score (nSPS) is 18.4. The zero-order valence-corrected chi connectivity index (χ0v) is 11.8. The molecule has 0 aromatic carbocycles. The standard InChI is InChI=1S/C12H22N2O3S/c1-9-3-6-14(7-4-9)12(17)13-10(11(15)16)5-8-18-2/h9-10H,3-8H2,1-2H3,(H,13,17)(H,15,16)/t10-/m0/s1. The number of hydrogen-bond acceptors (Lipinski definition) is 3. The van der Waals surface area contributed by atoms with Gasteiger partial charge in [0.15, 0.2) is 0 Å². The van der Waals surface area contributed by atoms with Crippen molar-refractivity contribution in [3.8, 4) is 0 Å². The number of hydrogen-bond donors (Lipinski definition) is 2. The lowest BCUT2D eigenvalue weighted by Gasteiger charge is -2.31. The second-order valence-electron chi connectivity index (χ2n) is 4.79. The van der Waals surface area contributed by atoms with E-state index in [4.69, 9.17) is 5.11 Å². The average Bonchev–Trinajstić information content (AvgIpc) is 2.34.